The molecule has 1 saturated carbocycles. The molecule has 1 aromatic heterocycles. The van der Waals surface area contributed by atoms with Crippen LogP contribution in [0.5, 0.6) is 5.75 Å². The minimum Gasteiger partial charge on any atom is -0.506 e. The summed E-state index contributed by atoms with van der Waals surface area (Å²) < 4.78 is 94.0. The number of carbonyl (C=O) groups is 1. The summed E-state index contributed by atoms with van der Waals surface area (Å²) in [5.74, 6) is -7.88. The van der Waals surface area contributed by atoms with Crippen LogP contribution in [0.25, 0.3) is 11.3 Å². The zero-order valence-electron chi connectivity index (χ0n) is 14.1. The molecule has 1 unspecified atom stereocenters. The smallest absolute Gasteiger partial charge is 0.333 e. The van der Waals surface area contributed by atoms with Crippen molar-refractivity contribution in [2.75, 3.05) is 10.8 Å². The van der Waals surface area contributed by atoms with Crippen molar-refractivity contribution >= 4 is 21.8 Å². The van der Waals surface area contributed by atoms with Crippen LogP contribution in [-0.4, -0.2) is 41.7 Å². The minimum atomic E-state index is -4.48. The van der Waals surface area contributed by atoms with E-state index in [2.05, 4.69) is 5.10 Å². The van der Waals surface area contributed by atoms with Crippen LogP contribution in [0.4, 0.5) is 27.6 Å². The van der Waals surface area contributed by atoms with E-state index in [9.17, 15) is 35.9 Å². The Kier molecular flexibility index (Phi) is 4.05. The lowest BCUT2D eigenvalue weighted by molar-refractivity contribution is -0.117. The van der Waals surface area contributed by atoms with Gasteiger partial charge < -0.3 is 5.11 Å². The third kappa shape index (κ3) is 3.07. The third-order valence-corrected chi connectivity index (χ3v) is 5.95. The van der Waals surface area contributed by atoms with Crippen LogP contribution in [0.3, 0.4) is 0 Å². The Morgan fingerprint density at radius 2 is 1.97 bits per heavy atom. The van der Waals surface area contributed by atoms with Crippen LogP contribution >= 0.6 is 0 Å². The van der Waals surface area contributed by atoms with E-state index in [1.165, 1.54) is 0 Å². The molecule has 1 atom stereocenters. The highest BCUT2D eigenvalue weighted by Crippen LogP contribution is 2.56. The predicted octanol–water partition coefficient (Wildman–Crippen LogP) is 2.09. The van der Waals surface area contributed by atoms with E-state index < -0.39 is 81.7 Å². The Bertz CT molecular complexity index is 1130. The molecule has 156 valence electrons. The van der Waals surface area contributed by atoms with Gasteiger partial charge in [-0.25, -0.2) is 26.9 Å². The summed E-state index contributed by atoms with van der Waals surface area (Å²) in [6.45, 7) is -4.09. The second kappa shape index (κ2) is 6.05. The van der Waals surface area contributed by atoms with Crippen LogP contribution in [0, 0.1) is 5.82 Å². The van der Waals surface area contributed by atoms with Gasteiger partial charge in [-0.3, -0.25) is 4.79 Å². The second-order valence-electron chi connectivity index (χ2n) is 6.53. The molecule has 1 aliphatic carbocycles. The Morgan fingerprint density at radius 3 is 2.48 bits per heavy atom. The molecule has 0 bridgehead atoms. The van der Waals surface area contributed by atoms with Crippen molar-refractivity contribution in [3.8, 4) is 17.0 Å². The van der Waals surface area contributed by atoms with Gasteiger partial charge >= 0.3 is 16.8 Å². The maximum Gasteiger partial charge on any atom is 0.333 e. The molecule has 2 aliphatic rings. The maximum atomic E-state index is 15.1. The van der Waals surface area contributed by atoms with Gasteiger partial charge in [0, 0.05) is 12.0 Å². The van der Waals surface area contributed by atoms with E-state index in [0.717, 1.165) is 18.2 Å². The van der Waals surface area contributed by atoms with E-state index in [4.69, 9.17) is 0 Å². The average molecular weight is 438 g/mol. The summed E-state index contributed by atoms with van der Waals surface area (Å²) in [7, 11) is -4.48. The summed E-state index contributed by atoms with van der Waals surface area (Å²) in [6, 6.07) is 2.66. The Labute approximate surface area is 159 Å². The molecule has 0 spiro atoms. The molecular formula is C15H11F5N4O4S. The zero-order valence-corrected chi connectivity index (χ0v) is 14.9. The Balaban J connectivity index is 1.84. The lowest BCUT2D eigenvalue weighted by atomic mass is 10.1. The van der Waals surface area contributed by atoms with E-state index in [1.807, 2.05) is 0 Å². The van der Waals surface area contributed by atoms with Gasteiger partial charge in [-0.15, -0.1) is 0 Å². The lowest BCUT2D eigenvalue weighted by Gasteiger charge is -2.18. The van der Waals surface area contributed by atoms with Gasteiger partial charge in [-0.2, -0.15) is 22.3 Å². The van der Waals surface area contributed by atoms with Gasteiger partial charge in [0.05, 0.1) is 17.3 Å². The van der Waals surface area contributed by atoms with Crippen LogP contribution in [0.1, 0.15) is 24.6 Å². The fourth-order valence-electron chi connectivity index (χ4n) is 3.13. The van der Waals surface area contributed by atoms with Gasteiger partial charge in [-0.05, 0) is 18.2 Å². The molecule has 4 rings (SSSR count). The fourth-order valence-corrected chi connectivity index (χ4v) is 4.29. The number of phenols is 1. The van der Waals surface area contributed by atoms with Crippen molar-refractivity contribution in [3.05, 3.63) is 29.7 Å². The molecule has 14 heteroatoms. The molecule has 2 fully saturated rings. The lowest BCUT2D eigenvalue weighted by Crippen LogP contribution is -2.30. The number of halogens is 5. The van der Waals surface area contributed by atoms with E-state index in [1.54, 1.807) is 4.72 Å². The highest BCUT2D eigenvalue weighted by molar-refractivity contribution is 7.92. The van der Waals surface area contributed by atoms with Crippen molar-refractivity contribution in [2.24, 2.45) is 0 Å². The average Bonchev–Trinajstić information content (AvgIpc) is 2.93. The van der Waals surface area contributed by atoms with Crippen molar-refractivity contribution in [1.82, 2.24) is 14.5 Å². The number of aromatic hydroxyl groups is 1. The second-order valence-corrected chi connectivity index (χ2v) is 8.12. The Hall–Kier alpha value is -2.90. The molecule has 8 nitrogen and oxygen atoms in total. The van der Waals surface area contributed by atoms with Gasteiger partial charge in [-0.1, -0.05) is 0 Å². The number of alkyl halides is 4. The summed E-state index contributed by atoms with van der Waals surface area (Å²) in [5, 5.41) is 13.4. The van der Waals surface area contributed by atoms with Crippen LogP contribution in [0.15, 0.2) is 18.2 Å². The molecule has 1 saturated heterocycles. The number of aromatic nitrogens is 2. The number of anilines is 1. The SMILES string of the molecule is O=C1CN(c2c(O)ccc(-c3cc(C4CC4(F)F)n(C(F)F)n3)c2F)S(=O)(=O)N1. The summed E-state index contributed by atoms with van der Waals surface area (Å²) in [4.78, 5) is 11.4. The van der Waals surface area contributed by atoms with Crippen molar-refractivity contribution in [1.29, 1.82) is 0 Å². The number of nitrogens with one attached hydrogen (secondary N) is 1. The summed E-state index contributed by atoms with van der Waals surface area (Å²) in [5.41, 5.74) is -2.37. The van der Waals surface area contributed by atoms with Crippen molar-refractivity contribution < 1.29 is 40.3 Å². The van der Waals surface area contributed by atoms with Crippen molar-refractivity contribution in [2.45, 2.75) is 24.8 Å². The number of hydrogen-bond acceptors (Lipinski definition) is 5. The van der Waals surface area contributed by atoms with E-state index in [0.29, 0.717) is 0 Å². The summed E-state index contributed by atoms with van der Waals surface area (Å²) >= 11 is 0. The van der Waals surface area contributed by atoms with E-state index >= 15 is 4.39 Å². The Morgan fingerprint density at radius 1 is 1.31 bits per heavy atom. The van der Waals surface area contributed by atoms with Gasteiger partial charge in [0.25, 0.3) is 11.8 Å². The quantitative estimate of drug-likeness (QED) is 0.712. The number of carbonyl (C=O) groups excluding carboxylic acids is 1. The monoisotopic (exact) mass is 438 g/mol. The first kappa shape index (κ1) is 19.4. The minimum absolute atomic E-state index is 0.0462. The maximum absolute atomic E-state index is 15.1. The van der Waals surface area contributed by atoms with Gasteiger partial charge in [0.1, 0.15) is 18.0 Å². The number of amides is 1. The number of rotatable bonds is 4. The molecular weight excluding hydrogens is 427 g/mol. The third-order valence-electron chi connectivity index (χ3n) is 4.57. The van der Waals surface area contributed by atoms with Crippen molar-refractivity contribution in [3.63, 3.8) is 0 Å². The normalized spacial score (nSPS) is 22.2. The molecule has 2 N–H and O–H groups in total. The number of phenolic OH excluding ortho intramolecular Hbond substituents is 1. The van der Waals surface area contributed by atoms with Crippen LogP contribution < -0.4 is 9.03 Å². The summed E-state index contributed by atoms with van der Waals surface area (Å²) in [6.07, 6.45) is -0.659. The highest BCUT2D eigenvalue weighted by atomic mass is 32.2. The molecule has 2 aromatic rings. The number of hydrogen-bond donors (Lipinski definition) is 2. The molecule has 29 heavy (non-hydrogen) atoms. The number of benzene rings is 1. The number of nitrogens with zero attached hydrogens (tertiary/aromatic N) is 3. The van der Waals surface area contributed by atoms with E-state index in [-0.39, 0.29) is 8.99 Å². The molecule has 1 aliphatic heterocycles. The highest BCUT2D eigenvalue weighted by Gasteiger charge is 2.59. The first-order chi connectivity index (χ1) is 13.4. The standard InChI is InChI=1S/C15H11F5N4O4S/c16-12-6(1-2-10(25)13(12)23-5-11(26)22-29(23,27)28)8-3-9(7-4-15(7,19)20)24(21-8)14(17)18/h1-3,7,14,25H,4-5H2,(H,22,26). The first-order valence-electron chi connectivity index (χ1n) is 8.03. The zero-order chi connectivity index (χ0) is 21.3. The topological polar surface area (TPSA) is 105 Å². The molecule has 1 amide bonds. The van der Waals surface area contributed by atoms with Crippen LogP contribution in [-0.2, 0) is 15.0 Å². The largest absolute Gasteiger partial charge is 0.506 e. The molecule has 1 aromatic carbocycles. The molecule has 2 heterocycles. The van der Waals surface area contributed by atoms with Crippen LogP contribution in [0.2, 0.25) is 0 Å². The van der Waals surface area contributed by atoms with Gasteiger partial charge in [0.2, 0.25) is 0 Å². The predicted molar refractivity (Wildman–Crippen MR) is 87.3 cm³/mol. The fraction of sp³-hybridized carbons (Fsp3) is 0.333. The first-order valence-corrected chi connectivity index (χ1v) is 9.47. The van der Waals surface area contributed by atoms with Gasteiger partial charge in [0.15, 0.2) is 5.82 Å². The molecule has 0 radical (unpaired) electrons.